The average Bonchev–Trinajstić information content (AvgIpc) is 2.06. The number of halogens is 2. The quantitative estimate of drug-likeness (QED) is 0.391. The first kappa shape index (κ1) is 12.9. The summed E-state index contributed by atoms with van der Waals surface area (Å²) in [7, 11) is -1.32. The summed E-state index contributed by atoms with van der Waals surface area (Å²) in [6.45, 7) is 0.904. The number of rotatable bonds is 8. The average molecular weight is 303 g/mol. The fraction of sp³-hybridized carbons (Fsp3) is 1.00. The summed E-state index contributed by atoms with van der Waals surface area (Å²) in [6, 6.07) is 0. The van der Waals surface area contributed by atoms with E-state index < -0.39 is 7.32 Å². The minimum absolute atomic E-state index is 0.452. The smallest absolute Gasteiger partial charge is 0.384 e. The predicted molar refractivity (Wildman–Crippen MR) is 55.2 cm³/mol. The molecule has 0 rings (SSSR count). The molecule has 71 valence electrons. The van der Waals surface area contributed by atoms with Crippen LogP contribution in [0.3, 0.4) is 0 Å². The lowest BCUT2D eigenvalue weighted by Gasteiger charge is -2.05. The molecule has 0 aliphatic carbocycles. The van der Waals surface area contributed by atoms with Crippen molar-refractivity contribution in [3.8, 4) is 0 Å². The predicted octanol–water partition coefficient (Wildman–Crippen LogP) is 2.00. The molecule has 0 fully saturated rings. The molecule has 0 spiro atoms. The highest BCUT2D eigenvalue weighted by Gasteiger charge is 2.16. The molecule has 0 aliphatic heterocycles. The second kappa shape index (κ2) is 9.99. The van der Waals surface area contributed by atoms with Crippen LogP contribution >= 0.6 is 31.9 Å². The molecule has 0 aromatic carbocycles. The maximum Gasteiger partial charge on any atom is 0.666 e. The Morgan fingerprint density at radius 1 is 1.00 bits per heavy atom. The first-order chi connectivity index (χ1) is 5.81. The van der Waals surface area contributed by atoms with Crippen LogP contribution in [0.2, 0.25) is 0 Å². The van der Waals surface area contributed by atoms with Crippen molar-refractivity contribution in [3.63, 3.8) is 0 Å². The second-order valence-electron chi connectivity index (χ2n) is 2.12. The summed E-state index contributed by atoms with van der Waals surface area (Å²) in [4.78, 5) is 0. The molecule has 0 heterocycles. The summed E-state index contributed by atoms with van der Waals surface area (Å²) in [6.07, 6.45) is 1.67. The van der Waals surface area contributed by atoms with Crippen LogP contribution in [0.15, 0.2) is 0 Å². The first-order valence-corrected chi connectivity index (χ1v) is 6.06. The van der Waals surface area contributed by atoms with Crippen molar-refractivity contribution in [2.24, 2.45) is 0 Å². The summed E-state index contributed by atoms with van der Waals surface area (Å²) in [5, 5.41) is 12.5. The molecular formula is C6H12BBr2O3. The normalized spacial score (nSPS) is 10.2. The van der Waals surface area contributed by atoms with Gasteiger partial charge in [0.05, 0.1) is 0 Å². The van der Waals surface area contributed by atoms with E-state index in [0.717, 1.165) is 23.5 Å². The van der Waals surface area contributed by atoms with Crippen LogP contribution in [0.1, 0.15) is 12.8 Å². The van der Waals surface area contributed by atoms with E-state index in [9.17, 15) is 5.02 Å². The molecule has 0 aliphatic rings. The van der Waals surface area contributed by atoms with E-state index in [4.69, 9.17) is 9.31 Å². The first-order valence-electron chi connectivity index (χ1n) is 3.82. The van der Waals surface area contributed by atoms with Crippen LogP contribution in [-0.4, -0.2) is 31.2 Å². The maximum absolute atomic E-state index is 10.8. The van der Waals surface area contributed by atoms with Gasteiger partial charge in [-0.2, -0.15) is 0 Å². The van der Waals surface area contributed by atoms with Gasteiger partial charge in [-0.25, -0.2) is 5.02 Å². The van der Waals surface area contributed by atoms with E-state index in [1.54, 1.807) is 0 Å². The molecule has 0 unspecified atom stereocenters. The Morgan fingerprint density at radius 3 is 1.75 bits per heavy atom. The molecule has 0 bridgehead atoms. The number of alkyl halides is 2. The van der Waals surface area contributed by atoms with Crippen molar-refractivity contribution < 1.29 is 14.3 Å². The van der Waals surface area contributed by atoms with E-state index in [2.05, 4.69) is 31.9 Å². The third-order valence-electron chi connectivity index (χ3n) is 1.06. The van der Waals surface area contributed by atoms with Crippen molar-refractivity contribution in [1.82, 2.24) is 0 Å². The third kappa shape index (κ3) is 9.00. The molecule has 6 heteroatoms. The number of hydrogen-bond donors (Lipinski definition) is 0. The topological polar surface area (TPSA) is 38.4 Å². The van der Waals surface area contributed by atoms with E-state index in [1.807, 2.05) is 0 Å². The van der Waals surface area contributed by atoms with Gasteiger partial charge in [-0.15, -0.1) is 0 Å². The minimum atomic E-state index is -1.32. The van der Waals surface area contributed by atoms with Crippen molar-refractivity contribution >= 4 is 39.2 Å². The monoisotopic (exact) mass is 301 g/mol. The highest BCUT2D eigenvalue weighted by atomic mass is 79.9. The van der Waals surface area contributed by atoms with Gasteiger partial charge in [-0.3, -0.25) is 0 Å². The zero-order valence-corrected chi connectivity index (χ0v) is 9.97. The van der Waals surface area contributed by atoms with Gasteiger partial charge in [0.15, 0.2) is 0 Å². The van der Waals surface area contributed by atoms with Crippen LogP contribution in [0.25, 0.3) is 0 Å². The van der Waals surface area contributed by atoms with E-state index >= 15 is 0 Å². The van der Waals surface area contributed by atoms with Gasteiger partial charge < -0.3 is 9.31 Å². The molecular weight excluding hydrogens is 291 g/mol. The highest BCUT2D eigenvalue weighted by Crippen LogP contribution is 1.94. The molecule has 0 aromatic heterocycles. The molecule has 0 atom stereocenters. The van der Waals surface area contributed by atoms with E-state index in [0.29, 0.717) is 13.2 Å². The van der Waals surface area contributed by atoms with Crippen LogP contribution in [-0.2, 0) is 14.3 Å². The van der Waals surface area contributed by atoms with Gasteiger partial charge in [-0.1, -0.05) is 31.9 Å². The van der Waals surface area contributed by atoms with Gasteiger partial charge in [0, 0.05) is 23.9 Å². The van der Waals surface area contributed by atoms with Gasteiger partial charge in [-0.05, 0) is 12.8 Å². The lowest BCUT2D eigenvalue weighted by atomic mass is 10.2. The standard InChI is InChI=1S/C6H12BBr2O3/c8-3-1-5-11-7(10)12-6-2-4-9/h1-6H2. The minimum Gasteiger partial charge on any atom is -0.384 e. The van der Waals surface area contributed by atoms with E-state index in [1.165, 1.54) is 0 Å². The molecule has 0 amide bonds. The summed E-state index contributed by atoms with van der Waals surface area (Å²) in [5.41, 5.74) is 0. The fourth-order valence-corrected chi connectivity index (χ4v) is 0.974. The molecule has 0 N–H and O–H groups in total. The Kier molecular flexibility index (Phi) is 10.7. The molecule has 12 heavy (non-hydrogen) atoms. The van der Waals surface area contributed by atoms with Gasteiger partial charge in [0.1, 0.15) is 0 Å². The van der Waals surface area contributed by atoms with Crippen molar-refractivity contribution in [1.29, 1.82) is 0 Å². The largest absolute Gasteiger partial charge is 0.666 e. The van der Waals surface area contributed by atoms with Gasteiger partial charge >= 0.3 is 7.32 Å². The highest BCUT2D eigenvalue weighted by molar-refractivity contribution is 9.09. The van der Waals surface area contributed by atoms with Crippen molar-refractivity contribution in [2.45, 2.75) is 12.8 Å². The zero-order valence-electron chi connectivity index (χ0n) is 6.80. The number of hydrogen-bond acceptors (Lipinski definition) is 2. The fourth-order valence-electron chi connectivity index (χ4n) is 0.516. The van der Waals surface area contributed by atoms with Crippen LogP contribution in [0, 0.1) is 0 Å². The third-order valence-corrected chi connectivity index (χ3v) is 2.19. The molecule has 0 aromatic rings. The Bertz CT molecular complexity index is 86.9. The second-order valence-corrected chi connectivity index (χ2v) is 3.70. The van der Waals surface area contributed by atoms with Crippen molar-refractivity contribution in [3.05, 3.63) is 0 Å². The van der Waals surface area contributed by atoms with Crippen molar-refractivity contribution in [2.75, 3.05) is 23.9 Å². The Morgan fingerprint density at radius 2 is 1.42 bits per heavy atom. The summed E-state index contributed by atoms with van der Waals surface area (Å²) in [5.74, 6) is 0. The molecule has 0 saturated carbocycles. The molecule has 0 saturated heterocycles. The summed E-state index contributed by atoms with van der Waals surface area (Å²) >= 11 is 6.47. The van der Waals surface area contributed by atoms with Crippen LogP contribution < -0.4 is 0 Å². The lowest BCUT2D eigenvalue weighted by molar-refractivity contribution is 0.109. The maximum atomic E-state index is 10.8. The zero-order chi connectivity index (χ0) is 9.23. The SMILES string of the molecule is [O]B(OCCCBr)OCCCBr. The van der Waals surface area contributed by atoms with Crippen LogP contribution in [0.4, 0.5) is 0 Å². The summed E-state index contributed by atoms with van der Waals surface area (Å²) < 4.78 is 9.61. The lowest BCUT2D eigenvalue weighted by Crippen LogP contribution is -2.22. The Hall–Kier alpha value is 0.905. The Labute approximate surface area is 90.2 Å². The van der Waals surface area contributed by atoms with Gasteiger partial charge in [0.2, 0.25) is 0 Å². The molecule has 1 radical (unpaired) electrons. The van der Waals surface area contributed by atoms with E-state index in [-0.39, 0.29) is 0 Å². The van der Waals surface area contributed by atoms with Gasteiger partial charge in [0.25, 0.3) is 0 Å². The Balaban J connectivity index is 3.04. The molecule has 3 nitrogen and oxygen atoms in total. The van der Waals surface area contributed by atoms with Crippen LogP contribution in [0.5, 0.6) is 0 Å².